The van der Waals surface area contributed by atoms with Crippen molar-refractivity contribution in [2.24, 2.45) is 0 Å². The number of aryl methyl sites for hydroxylation is 2. The number of aromatic amines is 1. The lowest BCUT2D eigenvalue weighted by Crippen LogP contribution is -2.39. The zero-order valence-corrected chi connectivity index (χ0v) is 13.1. The van der Waals surface area contributed by atoms with Crippen LogP contribution in [0.4, 0.5) is 0 Å². The normalized spacial score (nSPS) is 18.6. The van der Waals surface area contributed by atoms with Gasteiger partial charge in [-0.05, 0) is 26.2 Å². The first kappa shape index (κ1) is 14.8. The number of piperidine rings is 1. The van der Waals surface area contributed by atoms with Crippen molar-refractivity contribution in [2.45, 2.75) is 45.4 Å². The smallest absolute Gasteiger partial charge is 0.276 e. The van der Waals surface area contributed by atoms with Crippen LogP contribution >= 0.6 is 0 Å². The molecule has 0 unspecified atom stereocenters. The minimum Gasteiger partial charge on any atom is -0.361 e. The van der Waals surface area contributed by atoms with Crippen molar-refractivity contribution in [3.05, 3.63) is 35.2 Å². The molecule has 1 saturated heterocycles. The van der Waals surface area contributed by atoms with Gasteiger partial charge < -0.3 is 14.4 Å². The van der Waals surface area contributed by atoms with E-state index in [-0.39, 0.29) is 11.8 Å². The van der Waals surface area contributed by atoms with Crippen molar-refractivity contribution in [2.75, 3.05) is 13.1 Å². The van der Waals surface area contributed by atoms with E-state index in [1.54, 1.807) is 6.07 Å². The van der Waals surface area contributed by atoms with Gasteiger partial charge in [0.05, 0.1) is 0 Å². The van der Waals surface area contributed by atoms with Gasteiger partial charge in [-0.3, -0.25) is 4.79 Å². The maximum Gasteiger partial charge on any atom is 0.276 e. The topological polar surface area (TPSA) is 75.0 Å². The maximum absolute atomic E-state index is 12.6. The fourth-order valence-electron chi connectivity index (χ4n) is 2.97. The summed E-state index contributed by atoms with van der Waals surface area (Å²) >= 11 is 0. The highest BCUT2D eigenvalue weighted by Crippen LogP contribution is 2.25. The van der Waals surface area contributed by atoms with E-state index in [1.807, 2.05) is 18.0 Å². The largest absolute Gasteiger partial charge is 0.361 e. The Hall–Kier alpha value is -2.11. The third kappa shape index (κ3) is 3.05. The van der Waals surface area contributed by atoms with Crippen molar-refractivity contribution in [3.63, 3.8) is 0 Å². The van der Waals surface area contributed by atoms with Crippen LogP contribution in [0.2, 0.25) is 0 Å². The molecule has 0 aromatic carbocycles. The highest BCUT2D eigenvalue weighted by Gasteiger charge is 2.28. The quantitative estimate of drug-likeness (QED) is 0.942. The molecule has 6 nitrogen and oxygen atoms in total. The molecule has 0 spiro atoms. The number of hydrogen-bond acceptors (Lipinski definition) is 4. The third-order valence-electron chi connectivity index (χ3n) is 4.09. The van der Waals surface area contributed by atoms with Crippen molar-refractivity contribution >= 4 is 5.91 Å². The molecule has 1 aliphatic heterocycles. The van der Waals surface area contributed by atoms with Crippen LogP contribution in [0.25, 0.3) is 0 Å². The SMILES string of the molecule is CCCc1cc(C(=O)N2CCC[C@@H](c3ncc(C)[nH]3)C2)no1. The number of hydrogen-bond donors (Lipinski definition) is 1. The lowest BCUT2D eigenvalue weighted by atomic mass is 9.97. The van der Waals surface area contributed by atoms with Crippen LogP contribution in [0.1, 0.15) is 59.9 Å². The number of nitrogens with zero attached hydrogens (tertiary/aromatic N) is 3. The molecule has 1 N–H and O–H groups in total. The van der Waals surface area contributed by atoms with Crippen LogP contribution in [0.3, 0.4) is 0 Å². The van der Waals surface area contributed by atoms with Gasteiger partial charge in [0.2, 0.25) is 0 Å². The maximum atomic E-state index is 12.6. The minimum atomic E-state index is -0.0425. The Balaban J connectivity index is 1.69. The number of rotatable bonds is 4. The summed E-state index contributed by atoms with van der Waals surface area (Å²) in [5.41, 5.74) is 1.47. The molecule has 0 aliphatic carbocycles. The third-order valence-corrected chi connectivity index (χ3v) is 4.09. The molecule has 6 heteroatoms. The lowest BCUT2D eigenvalue weighted by Gasteiger charge is -2.31. The highest BCUT2D eigenvalue weighted by atomic mass is 16.5. The lowest BCUT2D eigenvalue weighted by molar-refractivity contribution is 0.0694. The second-order valence-corrected chi connectivity index (χ2v) is 5.97. The number of carbonyl (C=O) groups is 1. The molecule has 0 bridgehead atoms. The Labute approximate surface area is 129 Å². The first-order chi connectivity index (χ1) is 10.7. The van der Waals surface area contributed by atoms with Crippen LogP contribution in [-0.4, -0.2) is 39.0 Å². The summed E-state index contributed by atoms with van der Waals surface area (Å²) in [6.45, 7) is 5.52. The predicted molar refractivity (Wildman–Crippen MR) is 81.7 cm³/mol. The fourth-order valence-corrected chi connectivity index (χ4v) is 2.97. The summed E-state index contributed by atoms with van der Waals surface area (Å²) < 4.78 is 5.22. The van der Waals surface area contributed by atoms with Gasteiger partial charge in [0.15, 0.2) is 5.69 Å². The van der Waals surface area contributed by atoms with Crippen LogP contribution in [-0.2, 0) is 6.42 Å². The van der Waals surface area contributed by atoms with E-state index in [1.165, 1.54) is 0 Å². The zero-order valence-electron chi connectivity index (χ0n) is 13.1. The average molecular weight is 302 g/mol. The Morgan fingerprint density at radius 1 is 1.55 bits per heavy atom. The molecule has 2 aromatic rings. The molecule has 1 atom stereocenters. The minimum absolute atomic E-state index is 0.0425. The molecule has 2 aromatic heterocycles. The van der Waals surface area contributed by atoms with Crippen molar-refractivity contribution in [1.82, 2.24) is 20.0 Å². The number of amides is 1. The standard InChI is InChI=1S/C16H22N4O2/c1-3-5-13-8-14(19-22-13)16(21)20-7-4-6-12(10-20)15-17-9-11(2)18-15/h8-9,12H,3-7,10H2,1-2H3,(H,17,18)/t12-/m1/s1. The first-order valence-electron chi connectivity index (χ1n) is 7.93. The summed E-state index contributed by atoms with van der Waals surface area (Å²) in [7, 11) is 0. The molecule has 118 valence electrons. The number of likely N-dealkylation sites (tertiary alicyclic amines) is 1. The van der Waals surface area contributed by atoms with E-state index < -0.39 is 0 Å². The number of carbonyl (C=O) groups excluding carboxylic acids is 1. The van der Waals surface area contributed by atoms with E-state index in [2.05, 4.69) is 22.0 Å². The molecule has 1 aliphatic rings. The molecular weight excluding hydrogens is 280 g/mol. The van der Waals surface area contributed by atoms with Crippen molar-refractivity contribution in [1.29, 1.82) is 0 Å². The van der Waals surface area contributed by atoms with Gasteiger partial charge in [0, 0.05) is 43.4 Å². The monoisotopic (exact) mass is 302 g/mol. The Morgan fingerprint density at radius 2 is 2.41 bits per heavy atom. The first-order valence-corrected chi connectivity index (χ1v) is 7.93. The van der Waals surface area contributed by atoms with E-state index in [0.717, 1.165) is 49.5 Å². The Kier molecular flexibility index (Phi) is 4.27. The van der Waals surface area contributed by atoms with Gasteiger partial charge in [-0.2, -0.15) is 0 Å². The Morgan fingerprint density at radius 3 is 3.14 bits per heavy atom. The summed E-state index contributed by atoms with van der Waals surface area (Å²) in [5, 5.41) is 3.92. The van der Waals surface area contributed by atoms with Gasteiger partial charge in [0.1, 0.15) is 11.6 Å². The van der Waals surface area contributed by atoms with Gasteiger partial charge in [-0.15, -0.1) is 0 Å². The van der Waals surface area contributed by atoms with Gasteiger partial charge in [-0.1, -0.05) is 12.1 Å². The van der Waals surface area contributed by atoms with Gasteiger partial charge in [-0.25, -0.2) is 4.98 Å². The summed E-state index contributed by atoms with van der Waals surface area (Å²) in [5.74, 6) is 1.98. The average Bonchev–Trinajstić information content (AvgIpc) is 3.16. The van der Waals surface area contributed by atoms with E-state index >= 15 is 0 Å². The Bertz CT molecular complexity index is 646. The molecule has 1 amide bonds. The predicted octanol–water partition coefficient (Wildman–Crippen LogP) is 2.68. The molecule has 3 rings (SSSR count). The van der Waals surface area contributed by atoms with Gasteiger partial charge >= 0.3 is 0 Å². The molecule has 0 radical (unpaired) electrons. The number of imidazole rings is 1. The number of aromatic nitrogens is 3. The van der Waals surface area contributed by atoms with Crippen molar-refractivity contribution in [3.8, 4) is 0 Å². The molecule has 0 saturated carbocycles. The molecule has 3 heterocycles. The van der Waals surface area contributed by atoms with Crippen molar-refractivity contribution < 1.29 is 9.32 Å². The van der Waals surface area contributed by atoms with Crippen LogP contribution in [0.5, 0.6) is 0 Å². The number of H-pyrrole nitrogens is 1. The zero-order chi connectivity index (χ0) is 15.5. The van der Waals surface area contributed by atoms with E-state index in [9.17, 15) is 4.79 Å². The highest BCUT2D eigenvalue weighted by molar-refractivity contribution is 5.92. The molecule has 1 fully saturated rings. The van der Waals surface area contributed by atoms with E-state index in [4.69, 9.17) is 4.52 Å². The fraction of sp³-hybridized carbons (Fsp3) is 0.562. The molecular formula is C16H22N4O2. The second-order valence-electron chi connectivity index (χ2n) is 5.97. The van der Waals surface area contributed by atoms with Gasteiger partial charge in [0.25, 0.3) is 5.91 Å². The van der Waals surface area contributed by atoms with Crippen LogP contribution in [0.15, 0.2) is 16.8 Å². The number of nitrogens with one attached hydrogen (secondary N) is 1. The second kappa shape index (κ2) is 6.34. The van der Waals surface area contributed by atoms with Crippen LogP contribution < -0.4 is 0 Å². The summed E-state index contributed by atoms with van der Waals surface area (Å²) in [4.78, 5) is 22.1. The van der Waals surface area contributed by atoms with Crippen LogP contribution in [0, 0.1) is 6.92 Å². The summed E-state index contributed by atoms with van der Waals surface area (Å²) in [6.07, 6.45) is 5.66. The molecule has 22 heavy (non-hydrogen) atoms. The van der Waals surface area contributed by atoms with E-state index in [0.29, 0.717) is 12.2 Å². The summed E-state index contributed by atoms with van der Waals surface area (Å²) in [6, 6.07) is 1.77.